The molecule has 0 unspecified atom stereocenters. The topological polar surface area (TPSA) is 142 Å². The van der Waals surface area contributed by atoms with Crippen LogP contribution >= 0.6 is 12.0 Å². The van der Waals surface area contributed by atoms with Crippen LogP contribution in [0.3, 0.4) is 0 Å². The number of ketones is 1. The van der Waals surface area contributed by atoms with Crippen molar-refractivity contribution < 1.29 is 24.5 Å². The molecule has 0 saturated carbocycles. The van der Waals surface area contributed by atoms with Crippen molar-refractivity contribution in [1.29, 1.82) is 5.41 Å². The van der Waals surface area contributed by atoms with E-state index in [-0.39, 0.29) is 28.5 Å². The summed E-state index contributed by atoms with van der Waals surface area (Å²) in [4.78, 5) is 16.5. The maximum absolute atomic E-state index is 13.0. The molecular formula is C36H51N3O5S. The molecule has 0 saturated heterocycles. The third-order valence-electron chi connectivity index (χ3n) is 8.26. The molecule has 0 fully saturated rings. The Hall–Kier alpha value is -2.95. The number of aromatic nitrogens is 1. The second-order valence-electron chi connectivity index (χ2n) is 11.7. The molecule has 4 rings (SSSR count). The number of benzene rings is 2. The summed E-state index contributed by atoms with van der Waals surface area (Å²) in [5, 5.41) is 30.4. The number of fused-ring (bicyclic) bond motifs is 2. The number of carbonyl (C=O) groups is 1. The van der Waals surface area contributed by atoms with E-state index in [9.17, 15) is 9.90 Å². The monoisotopic (exact) mass is 637 g/mol. The van der Waals surface area contributed by atoms with Gasteiger partial charge in [0.1, 0.15) is 0 Å². The average Bonchev–Trinajstić information content (AvgIpc) is 3.42. The van der Waals surface area contributed by atoms with Gasteiger partial charge in [-0.3, -0.25) is 10.2 Å². The highest BCUT2D eigenvalue weighted by atomic mass is 32.2. The predicted octanol–water partition coefficient (Wildman–Crippen LogP) is 9.98. The van der Waals surface area contributed by atoms with Crippen LogP contribution < -0.4 is 5.73 Å². The zero-order valence-corrected chi connectivity index (χ0v) is 27.6. The van der Waals surface area contributed by atoms with Crippen molar-refractivity contribution in [3.05, 3.63) is 70.8 Å². The summed E-state index contributed by atoms with van der Waals surface area (Å²) in [7, 11) is 0. The zero-order valence-electron chi connectivity index (χ0n) is 26.7. The number of rotatable bonds is 20. The Morgan fingerprint density at radius 3 is 1.78 bits per heavy atom. The number of aromatic amines is 1. The number of carbonyl (C=O) groups excluding carboxylic acids is 1. The van der Waals surface area contributed by atoms with Gasteiger partial charge in [0.05, 0.1) is 34.6 Å². The van der Waals surface area contributed by atoms with Crippen molar-refractivity contribution in [1.82, 2.24) is 4.98 Å². The van der Waals surface area contributed by atoms with E-state index < -0.39 is 0 Å². The third-order valence-corrected chi connectivity index (χ3v) is 8.85. The summed E-state index contributed by atoms with van der Waals surface area (Å²) in [6.07, 6.45) is 22.9. The summed E-state index contributed by atoms with van der Waals surface area (Å²) in [6.45, 7) is 3.16. The molecule has 0 spiro atoms. The van der Waals surface area contributed by atoms with Gasteiger partial charge in [-0.05, 0) is 30.7 Å². The van der Waals surface area contributed by atoms with Crippen molar-refractivity contribution in [2.45, 2.75) is 115 Å². The summed E-state index contributed by atoms with van der Waals surface area (Å²) < 4.78 is 4.37. The smallest absolute Gasteiger partial charge is 0.199 e. The van der Waals surface area contributed by atoms with Gasteiger partial charge in [-0.2, -0.15) is 0 Å². The molecule has 9 heteroatoms. The minimum atomic E-state index is -0.242. The standard InChI is InChI=1S/C18H12N2O5S.C18H39N/c19-15-11-3-1-2-4-12(11)17(21)14-13(15)18(22)20-16(14)9-5-7-10(8-6-9)26-25-24-23;1-2-3-4-5-6-7-8-9-10-11-12-13-14-15-16-17-18-19/h1-8,19-20,22-23H;2-19H2,1H3. The molecule has 1 aliphatic rings. The molecule has 0 radical (unpaired) electrons. The lowest BCUT2D eigenvalue weighted by Gasteiger charge is -2.17. The van der Waals surface area contributed by atoms with Gasteiger partial charge in [-0.15, -0.1) is 4.33 Å². The number of H-pyrrole nitrogens is 1. The van der Waals surface area contributed by atoms with E-state index in [1.807, 2.05) is 0 Å². The Balaban J connectivity index is 0.000000261. The van der Waals surface area contributed by atoms with Crippen LogP contribution in [0.4, 0.5) is 0 Å². The van der Waals surface area contributed by atoms with E-state index in [1.54, 1.807) is 48.5 Å². The van der Waals surface area contributed by atoms with Gasteiger partial charge in [0.15, 0.2) is 11.7 Å². The fourth-order valence-electron chi connectivity index (χ4n) is 5.77. The van der Waals surface area contributed by atoms with Crippen LogP contribution in [0.25, 0.3) is 11.3 Å². The minimum absolute atomic E-state index is 0.107. The van der Waals surface area contributed by atoms with Crippen LogP contribution in [0.15, 0.2) is 53.4 Å². The molecule has 8 nitrogen and oxygen atoms in total. The number of hydrogen-bond acceptors (Lipinski definition) is 8. The molecule has 1 heterocycles. The highest BCUT2D eigenvalue weighted by Crippen LogP contribution is 2.39. The molecule has 3 aromatic rings. The molecule has 6 N–H and O–H groups in total. The highest BCUT2D eigenvalue weighted by Gasteiger charge is 2.34. The van der Waals surface area contributed by atoms with Gasteiger partial charge in [0.25, 0.3) is 0 Å². The van der Waals surface area contributed by atoms with Crippen LogP contribution in [-0.2, 0) is 9.37 Å². The van der Waals surface area contributed by atoms with Crippen molar-refractivity contribution in [3.8, 4) is 17.1 Å². The van der Waals surface area contributed by atoms with Gasteiger partial charge in [0, 0.05) is 16.0 Å². The largest absolute Gasteiger partial charge is 0.494 e. The normalized spacial score (nSPS) is 12.1. The Morgan fingerprint density at radius 2 is 1.27 bits per heavy atom. The Kier molecular flexibility index (Phi) is 17.0. The summed E-state index contributed by atoms with van der Waals surface area (Å²) in [5.41, 5.74) is 8.12. The molecule has 0 bridgehead atoms. The van der Waals surface area contributed by atoms with Gasteiger partial charge in [-0.1, -0.05) is 145 Å². The first-order chi connectivity index (χ1) is 22.0. The summed E-state index contributed by atoms with van der Waals surface area (Å²) in [5.74, 6) is -0.452. The molecule has 0 aliphatic heterocycles. The lowest BCUT2D eigenvalue weighted by molar-refractivity contribution is -0.432. The first kappa shape index (κ1) is 36.5. The van der Waals surface area contributed by atoms with E-state index in [1.165, 1.54) is 103 Å². The highest BCUT2D eigenvalue weighted by molar-refractivity contribution is 7.94. The van der Waals surface area contributed by atoms with Crippen LogP contribution in [0.1, 0.15) is 137 Å². The molecule has 2 aromatic carbocycles. The Morgan fingerprint density at radius 1 is 0.756 bits per heavy atom. The quantitative estimate of drug-likeness (QED) is 0.0281. The molecule has 246 valence electrons. The van der Waals surface area contributed by atoms with Gasteiger partial charge in [-0.25, -0.2) is 5.26 Å². The van der Waals surface area contributed by atoms with Crippen LogP contribution in [-0.4, -0.2) is 33.4 Å². The minimum Gasteiger partial charge on any atom is -0.494 e. The predicted molar refractivity (Wildman–Crippen MR) is 183 cm³/mol. The molecular weight excluding hydrogens is 586 g/mol. The van der Waals surface area contributed by atoms with Gasteiger partial charge >= 0.3 is 0 Å². The number of nitrogens with one attached hydrogen (secondary N) is 2. The molecule has 0 amide bonds. The number of hydrogen-bond donors (Lipinski definition) is 5. The van der Waals surface area contributed by atoms with Gasteiger partial charge < -0.3 is 15.8 Å². The van der Waals surface area contributed by atoms with E-state index in [2.05, 4.69) is 21.3 Å². The van der Waals surface area contributed by atoms with E-state index >= 15 is 0 Å². The fourth-order valence-corrected chi connectivity index (χ4v) is 6.12. The Bertz CT molecular complexity index is 1290. The third kappa shape index (κ3) is 11.4. The van der Waals surface area contributed by atoms with Crippen LogP contribution in [0.2, 0.25) is 0 Å². The number of aromatic hydroxyl groups is 1. The summed E-state index contributed by atoms with van der Waals surface area (Å²) in [6, 6.07) is 13.7. The zero-order chi connectivity index (χ0) is 32.3. The van der Waals surface area contributed by atoms with Crippen LogP contribution in [0.5, 0.6) is 5.88 Å². The second kappa shape index (κ2) is 21.0. The molecule has 45 heavy (non-hydrogen) atoms. The maximum Gasteiger partial charge on any atom is 0.199 e. The molecule has 1 aromatic heterocycles. The lowest BCUT2D eigenvalue weighted by Crippen LogP contribution is -2.19. The lowest BCUT2D eigenvalue weighted by atomic mass is 9.84. The first-order valence-corrected chi connectivity index (χ1v) is 17.4. The number of nitrogens with two attached hydrogens (primary N) is 1. The Labute approximate surface area is 272 Å². The van der Waals surface area contributed by atoms with Crippen molar-refractivity contribution in [3.63, 3.8) is 0 Å². The van der Waals surface area contributed by atoms with E-state index in [0.717, 1.165) is 18.6 Å². The first-order valence-electron chi connectivity index (χ1n) is 16.7. The fraction of sp³-hybridized carbons (Fsp3) is 0.500. The van der Waals surface area contributed by atoms with Crippen molar-refractivity contribution in [2.24, 2.45) is 5.73 Å². The van der Waals surface area contributed by atoms with Crippen molar-refractivity contribution >= 4 is 23.5 Å². The summed E-state index contributed by atoms with van der Waals surface area (Å²) >= 11 is 0.817. The van der Waals surface area contributed by atoms with E-state index in [0.29, 0.717) is 27.3 Å². The van der Waals surface area contributed by atoms with Crippen molar-refractivity contribution in [2.75, 3.05) is 6.54 Å². The van der Waals surface area contributed by atoms with Crippen LogP contribution in [0, 0.1) is 5.41 Å². The number of unbranched alkanes of at least 4 members (excludes halogenated alkanes) is 15. The maximum atomic E-state index is 13.0. The second-order valence-corrected chi connectivity index (χ2v) is 12.5. The molecule has 1 aliphatic carbocycles. The SMILES string of the molecule is CCCCCCCCCCCCCCCCCCN.N=C1c2ccccc2C(=O)c2c(-c3ccc(SOOO)cc3)[nH]c(O)c21. The van der Waals surface area contributed by atoms with Gasteiger partial charge in [0.2, 0.25) is 0 Å². The molecule has 0 atom stereocenters. The van der Waals surface area contributed by atoms with E-state index in [4.69, 9.17) is 16.4 Å². The average molecular weight is 638 g/mol.